The van der Waals surface area contributed by atoms with Crippen LogP contribution in [0, 0.1) is 12.8 Å². The second-order valence-electron chi connectivity index (χ2n) is 8.14. The largest absolute Gasteiger partial charge is 0.351 e. The molecule has 1 aromatic carbocycles. The molecule has 0 saturated carbocycles. The number of anilines is 2. The summed E-state index contributed by atoms with van der Waals surface area (Å²) in [5.41, 5.74) is 3.35. The number of fused-ring (bicyclic) bond motifs is 1. The van der Waals surface area contributed by atoms with Crippen LogP contribution in [0.15, 0.2) is 30.6 Å². The van der Waals surface area contributed by atoms with Crippen molar-refractivity contribution in [1.82, 2.24) is 29.9 Å². The number of hydrogen-bond acceptors (Lipinski definition) is 7. The highest BCUT2D eigenvalue weighted by atomic mass is 16.2. The van der Waals surface area contributed by atoms with Gasteiger partial charge in [-0.25, -0.2) is 14.6 Å². The molecule has 0 unspecified atom stereocenters. The third-order valence-corrected chi connectivity index (χ3v) is 6.08. The lowest BCUT2D eigenvalue weighted by Gasteiger charge is -2.36. The van der Waals surface area contributed by atoms with Crippen LogP contribution >= 0.6 is 0 Å². The van der Waals surface area contributed by atoms with Crippen LogP contribution in [0.5, 0.6) is 0 Å². The first-order valence-electron chi connectivity index (χ1n) is 10.4. The van der Waals surface area contributed by atoms with Gasteiger partial charge in [0, 0.05) is 51.9 Å². The number of amides is 2. The maximum absolute atomic E-state index is 13.1. The number of piperazine rings is 1. The number of aryl methyl sites for hydroxylation is 2. The van der Waals surface area contributed by atoms with Gasteiger partial charge in [0.2, 0.25) is 11.8 Å². The molecule has 4 heterocycles. The van der Waals surface area contributed by atoms with E-state index >= 15 is 0 Å². The van der Waals surface area contributed by atoms with Gasteiger partial charge in [0.05, 0.1) is 5.92 Å². The Balaban J connectivity index is 1.24. The highest BCUT2D eigenvalue weighted by Gasteiger charge is 2.38. The minimum Gasteiger partial charge on any atom is -0.351 e. The molecule has 2 saturated heterocycles. The van der Waals surface area contributed by atoms with Gasteiger partial charge in [-0.3, -0.25) is 9.59 Å². The topological polar surface area (TPSA) is 100 Å². The number of nitrogens with zero attached hydrogens (tertiary/aromatic N) is 8. The minimum absolute atomic E-state index is 0.00636. The van der Waals surface area contributed by atoms with Crippen molar-refractivity contribution < 1.29 is 9.59 Å². The highest BCUT2D eigenvalue weighted by molar-refractivity contribution is 6.00. The van der Waals surface area contributed by atoms with Crippen molar-refractivity contribution in [3.63, 3.8) is 0 Å². The van der Waals surface area contributed by atoms with Crippen LogP contribution in [0.3, 0.4) is 0 Å². The first kappa shape index (κ1) is 19.4. The van der Waals surface area contributed by atoms with E-state index in [4.69, 9.17) is 0 Å². The Labute approximate surface area is 179 Å². The molecule has 1 atom stereocenters. The lowest BCUT2D eigenvalue weighted by Crippen LogP contribution is -2.51. The van der Waals surface area contributed by atoms with Crippen LogP contribution < -0.4 is 9.80 Å². The Morgan fingerprint density at radius 3 is 2.55 bits per heavy atom. The molecule has 5 rings (SSSR count). The van der Waals surface area contributed by atoms with Crippen molar-refractivity contribution in [2.24, 2.45) is 13.0 Å². The van der Waals surface area contributed by atoms with Crippen molar-refractivity contribution in [3.8, 4) is 0 Å². The van der Waals surface area contributed by atoms with Crippen molar-refractivity contribution in [3.05, 3.63) is 36.2 Å². The molecule has 2 amide bonds. The maximum Gasteiger partial charge on any atom is 0.228 e. The Hall–Kier alpha value is -3.56. The highest BCUT2D eigenvalue weighted by Crippen LogP contribution is 2.27. The number of rotatable bonds is 3. The van der Waals surface area contributed by atoms with Gasteiger partial charge in [-0.05, 0) is 19.1 Å². The Morgan fingerprint density at radius 1 is 1.06 bits per heavy atom. The summed E-state index contributed by atoms with van der Waals surface area (Å²) in [6.07, 6.45) is 1.78. The molecule has 2 aliphatic heterocycles. The lowest BCUT2D eigenvalue weighted by molar-refractivity contribution is -0.136. The zero-order chi connectivity index (χ0) is 21.5. The van der Waals surface area contributed by atoms with Crippen LogP contribution in [0.1, 0.15) is 12.0 Å². The molecule has 0 N–H and O–H groups in total. The van der Waals surface area contributed by atoms with Crippen molar-refractivity contribution >= 4 is 34.5 Å². The normalized spacial score (nSPS) is 19.5. The number of carbonyl (C=O) groups excluding carboxylic acids is 2. The Bertz CT molecular complexity index is 1130. The number of benzene rings is 1. The summed E-state index contributed by atoms with van der Waals surface area (Å²) < 4.78 is 1.62. The molecular weight excluding hydrogens is 396 g/mol. The van der Waals surface area contributed by atoms with Crippen molar-refractivity contribution in [2.75, 3.05) is 42.5 Å². The molecule has 0 bridgehead atoms. The smallest absolute Gasteiger partial charge is 0.228 e. The summed E-state index contributed by atoms with van der Waals surface area (Å²) in [5.74, 6) is 0.500. The fraction of sp³-hybridized carbons (Fsp3) is 0.429. The lowest BCUT2D eigenvalue weighted by atomic mass is 10.1. The van der Waals surface area contributed by atoms with E-state index in [0.29, 0.717) is 43.9 Å². The maximum atomic E-state index is 13.1. The molecule has 3 aromatic rings. The second kappa shape index (κ2) is 7.60. The third-order valence-electron chi connectivity index (χ3n) is 6.08. The van der Waals surface area contributed by atoms with E-state index in [9.17, 15) is 9.59 Å². The van der Waals surface area contributed by atoms with Gasteiger partial charge < -0.3 is 14.7 Å². The zero-order valence-corrected chi connectivity index (χ0v) is 17.6. The molecule has 2 fully saturated rings. The molecular formula is C21H24N8O2. The monoisotopic (exact) mass is 420 g/mol. The summed E-state index contributed by atoms with van der Waals surface area (Å²) in [6, 6.07) is 7.85. The molecule has 2 aromatic heterocycles. The van der Waals surface area contributed by atoms with E-state index in [1.165, 1.54) is 6.33 Å². The van der Waals surface area contributed by atoms with E-state index in [1.807, 2.05) is 36.1 Å². The van der Waals surface area contributed by atoms with Crippen LogP contribution in [-0.4, -0.2) is 74.4 Å². The minimum atomic E-state index is -0.300. The zero-order valence-electron chi connectivity index (χ0n) is 17.6. The van der Waals surface area contributed by atoms with Gasteiger partial charge in [-0.1, -0.05) is 22.9 Å². The van der Waals surface area contributed by atoms with E-state index < -0.39 is 0 Å². The molecule has 0 aliphatic carbocycles. The standard InChI is InChI=1S/C21H24N8O2/c1-14-3-5-16(6-4-14)29-12-15(11-17(29)30)21(31)28-9-7-27(8-10-28)20-18-19(22-13-23-20)26(2)25-24-18/h3-6,13,15H,7-12H2,1-2H3/t15-/m1/s1. The van der Waals surface area contributed by atoms with Crippen LogP contribution in [0.4, 0.5) is 11.5 Å². The molecule has 0 spiro atoms. The van der Waals surface area contributed by atoms with Crippen LogP contribution in [0.25, 0.3) is 11.2 Å². The van der Waals surface area contributed by atoms with E-state index in [-0.39, 0.29) is 24.2 Å². The van der Waals surface area contributed by atoms with Gasteiger partial charge in [-0.2, -0.15) is 0 Å². The fourth-order valence-corrected chi connectivity index (χ4v) is 4.32. The molecule has 10 nitrogen and oxygen atoms in total. The molecule has 2 aliphatic rings. The van der Waals surface area contributed by atoms with Crippen LogP contribution in [0.2, 0.25) is 0 Å². The first-order chi connectivity index (χ1) is 15.0. The van der Waals surface area contributed by atoms with Crippen molar-refractivity contribution in [1.29, 1.82) is 0 Å². The number of aromatic nitrogens is 5. The first-order valence-corrected chi connectivity index (χ1v) is 10.4. The van der Waals surface area contributed by atoms with Crippen LogP contribution in [-0.2, 0) is 16.6 Å². The number of hydrogen-bond donors (Lipinski definition) is 0. The quantitative estimate of drug-likeness (QED) is 0.617. The Kier molecular flexibility index (Phi) is 4.76. The van der Waals surface area contributed by atoms with E-state index in [1.54, 1.807) is 16.6 Å². The Morgan fingerprint density at radius 2 is 1.81 bits per heavy atom. The summed E-state index contributed by atoms with van der Waals surface area (Å²) in [6.45, 7) is 4.92. The van der Waals surface area contributed by atoms with Crippen molar-refractivity contribution in [2.45, 2.75) is 13.3 Å². The molecule has 31 heavy (non-hydrogen) atoms. The number of carbonyl (C=O) groups is 2. The molecule has 160 valence electrons. The predicted octanol–water partition coefficient (Wildman–Crippen LogP) is 0.768. The average molecular weight is 420 g/mol. The van der Waals surface area contributed by atoms with Gasteiger partial charge in [0.1, 0.15) is 6.33 Å². The molecule has 0 radical (unpaired) electrons. The van der Waals surface area contributed by atoms with E-state index in [0.717, 1.165) is 17.1 Å². The third kappa shape index (κ3) is 3.47. The van der Waals surface area contributed by atoms with Gasteiger partial charge in [0.15, 0.2) is 17.0 Å². The summed E-state index contributed by atoms with van der Waals surface area (Å²) in [4.78, 5) is 40.0. The summed E-state index contributed by atoms with van der Waals surface area (Å²) in [5, 5.41) is 8.21. The second-order valence-corrected chi connectivity index (χ2v) is 8.14. The van der Waals surface area contributed by atoms with Gasteiger partial charge in [0.25, 0.3) is 0 Å². The van der Waals surface area contributed by atoms with Gasteiger partial charge in [-0.15, -0.1) is 5.10 Å². The summed E-state index contributed by atoms with van der Waals surface area (Å²) >= 11 is 0. The predicted molar refractivity (Wildman–Crippen MR) is 115 cm³/mol. The average Bonchev–Trinajstić information content (AvgIpc) is 3.37. The molecule has 10 heteroatoms. The summed E-state index contributed by atoms with van der Waals surface area (Å²) in [7, 11) is 1.80. The van der Waals surface area contributed by atoms with Gasteiger partial charge >= 0.3 is 0 Å². The van der Waals surface area contributed by atoms with E-state index in [2.05, 4.69) is 25.2 Å². The fourth-order valence-electron chi connectivity index (χ4n) is 4.32. The SMILES string of the molecule is Cc1ccc(N2C[C@H](C(=O)N3CCN(c4ncnc5c4nnn5C)CC3)CC2=O)cc1.